The van der Waals surface area contributed by atoms with E-state index >= 15 is 0 Å². The number of rotatable bonds is 6. The van der Waals surface area contributed by atoms with E-state index in [4.69, 9.17) is 42.0 Å². The summed E-state index contributed by atoms with van der Waals surface area (Å²) in [6.07, 6.45) is 10.4. The van der Waals surface area contributed by atoms with Crippen molar-refractivity contribution in [1.82, 2.24) is 9.97 Å². The van der Waals surface area contributed by atoms with Crippen molar-refractivity contribution in [1.29, 1.82) is 0 Å². The molecule has 0 saturated carbocycles. The molecule has 0 amide bonds. The Morgan fingerprint density at radius 2 is 1.74 bits per heavy atom. The monoisotopic (exact) mass is 630 g/mol. The quantitative estimate of drug-likeness (QED) is 0.175. The van der Waals surface area contributed by atoms with E-state index in [0.717, 1.165) is 27.4 Å². The highest BCUT2D eigenvalue weighted by Crippen LogP contribution is 2.61. The van der Waals surface area contributed by atoms with Gasteiger partial charge in [0.1, 0.15) is 5.76 Å². The zero-order valence-corrected chi connectivity index (χ0v) is 25.5. The maximum atomic E-state index is 13.9. The molecule has 1 aliphatic heterocycles. The highest BCUT2D eigenvalue weighted by molar-refractivity contribution is 7.55. The summed E-state index contributed by atoms with van der Waals surface area (Å²) in [6, 6.07) is 26.5. The van der Waals surface area contributed by atoms with Crippen molar-refractivity contribution in [2.45, 2.75) is 35.9 Å². The smallest absolute Gasteiger partial charge is 0.338 e. The largest absolute Gasteiger partial charge is 0.426 e. The Labute approximate surface area is 259 Å². The molecule has 1 N–H and O–H groups in total. The lowest BCUT2D eigenvalue weighted by molar-refractivity contribution is 0.0784. The maximum absolute atomic E-state index is 13.9. The minimum atomic E-state index is -3.46. The molecule has 1 saturated heterocycles. The first-order chi connectivity index (χ1) is 20.9. The molecule has 3 aromatic carbocycles. The third kappa shape index (κ3) is 6.04. The number of H-pyrrole nitrogens is 1. The van der Waals surface area contributed by atoms with Gasteiger partial charge in [-0.15, -0.1) is 11.6 Å². The van der Waals surface area contributed by atoms with Crippen LogP contribution in [0.25, 0.3) is 23.3 Å². The zero-order valence-electron chi connectivity index (χ0n) is 23.1. The van der Waals surface area contributed by atoms with Crippen LogP contribution in [-0.4, -0.2) is 27.6 Å². The number of halogens is 2. The van der Waals surface area contributed by atoms with Crippen molar-refractivity contribution in [3.05, 3.63) is 130 Å². The number of hydrogen-bond donors (Lipinski definition) is 1. The van der Waals surface area contributed by atoms with E-state index in [2.05, 4.69) is 47.5 Å². The molecule has 1 aromatic heterocycles. The van der Waals surface area contributed by atoms with Gasteiger partial charge in [-0.2, -0.15) is 4.98 Å². The fourth-order valence-electron chi connectivity index (χ4n) is 5.71. The van der Waals surface area contributed by atoms with Crippen molar-refractivity contribution < 1.29 is 18.3 Å². The number of hydrogen-bond acceptors (Lipinski definition) is 5. The normalized spacial score (nSPS) is 26.5. The summed E-state index contributed by atoms with van der Waals surface area (Å²) in [4.78, 5) is 7.92. The van der Waals surface area contributed by atoms with Gasteiger partial charge in [-0.1, -0.05) is 84.4 Å². The molecular formula is C34H29Cl2N2O4P. The van der Waals surface area contributed by atoms with Crippen molar-refractivity contribution in [3.8, 4) is 17.1 Å². The number of aromatic amines is 1. The summed E-state index contributed by atoms with van der Waals surface area (Å²) < 4.78 is 31.9. The third-order valence-electron chi connectivity index (χ3n) is 7.93. The Balaban J connectivity index is 1.08. The van der Waals surface area contributed by atoms with Crippen LogP contribution in [0.5, 0.6) is 6.01 Å². The van der Waals surface area contributed by atoms with Crippen LogP contribution in [0, 0.1) is 0 Å². The molecule has 7 rings (SSSR count). The number of benzene rings is 3. The SMILES string of the molecule is O=P1(C2C=C(Oc3nc4c([nH]3)=CC(Cl)C(c3ccc(-c5ccccc5)cc3)C=4)C=CC2)OCCC(c2cccc(Cl)c2)O1. The van der Waals surface area contributed by atoms with Crippen LogP contribution in [0.15, 0.2) is 103 Å². The standard InChI is InChI=1S/C34H29Cl2N2O4P/c35-26-9-4-8-25(18-26)33-16-17-40-43(39,42-33)28-11-5-10-27(19-28)41-34-37-31-20-29(30(36)21-32(31)38-34)24-14-12-23(13-15-24)22-6-2-1-3-7-22/h1-10,12-15,18-21,28-30,33H,11,16-17H2,(H,37,38). The van der Waals surface area contributed by atoms with Gasteiger partial charge in [0, 0.05) is 17.4 Å². The predicted molar refractivity (Wildman–Crippen MR) is 171 cm³/mol. The van der Waals surface area contributed by atoms with Gasteiger partial charge in [0.05, 0.1) is 34.4 Å². The molecule has 4 aromatic rings. The molecule has 0 spiro atoms. The molecule has 5 atom stereocenters. The topological polar surface area (TPSA) is 73.4 Å². The zero-order chi connectivity index (χ0) is 29.4. The first-order valence-corrected chi connectivity index (χ1v) is 16.7. The van der Waals surface area contributed by atoms with Crippen LogP contribution in [0.3, 0.4) is 0 Å². The average molecular weight is 631 g/mol. The Kier molecular flexibility index (Phi) is 7.89. The van der Waals surface area contributed by atoms with Crippen LogP contribution in [0.2, 0.25) is 5.02 Å². The highest BCUT2D eigenvalue weighted by Gasteiger charge is 2.41. The minimum absolute atomic E-state index is 0.0357. The number of ether oxygens (including phenoxy) is 1. The van der Waals surface area contributed by atoms with Gasteiger partial charge in [-0.05, 0) is 65.1 Å². The van der Waals surface area contributed by atoms with E-state index in [1.54, 1.807) is 12.1 Å². The van der Waals surface area contributed by atoms with Gasteiger partial charge in [-0.25, -0.2) is 0 Å². The molecule has 2 aliphatic carbocycles. The lowest BCUT2D eigenvalue weighted by atomic mass is 9.91. The summed E-state index contributed by atoms with van der Waals surface area (Å²) in [5, 5.41) is 1.94. The number of imidazole rings is 1. The molecule has 43 heavy (non-hydrogen) atoms. The van der Waals surface area contributed by atoms with E-state index in [9.17, 15) is 4.57 Å². The van der Waals surface area contributed by atoms with E-state index in [-0.39, 0.29) is 17.4 Å². The van der Waals surface area contributed by atoms with Gasteiger partial charge in [0.25, 0.3) is 6.01 Å². The number of allylic oxidation sites excluding steroid dienone is 3. The summed E-state index contributed by atoms with van der Waals surface area (Å²) in [5.74, 6) is 0.483. The Morgan fingerprint density at radius 3 is 2.56 bits per heavy atom. The lowest BCUT2D eigenvalue weighted by Gasteiger charge is -2.34. The summed E-state index contributed by atoms with van der Waals surface area (Å²) in [5.41, 5.74) is 3.85. The van der Waals surface area contributed by atoms with Gasteiger partial charge in [0.15, 0.2) is 0 Å². The van der Waals surface area contributed by atoms with Crippen LogP contribution >= 0.6 is 30.8 Å². The molecule has 5 unspecified atom stereocenters. The number of nitrogens with zero attached hydrogens (tertiary/aromatic N) is 1. The molecular weight excluding hydrogens is 602 g/mol. The second kappa shape index (κ2) is 12.0. The van der Waals surface area contributed by atoms with Gasteiger partial charge in [0.2, 0.25) is 0 Å². The number of alkyl halides is 1. The van der Waals surface area contributed by atoms with Crippen molar-refractivity contribution >= 4 is 42.9 Å². The van der Waals surface area contributed by atoms with Crippen molar-refractivity contribution in [2.24, 2.45) is 0 Å². The fraction of sp³-hybridized carbons (Fsp3) is 0.206. The molecule has 218 valence electrons. The number of fused-ring (bicyclic) bond motifs is 1. The molecule has 2 heterocycles. The van der Waals surface area contributed by atoms with Crippen LogP contribution in [0.1, 0.15) is 36.0 Å². The first-order valence-electron chi connectivity index (χ1n) is 14.3. The second-order valence-corrected chi connectivity index (χ2v) is 14.0. The third-order valence-corrected chi connectivity index (χ3v) is 10.8. The molecule has 0 radical (unpaired) electrons. The van der Waals surface area contributed by atoms with E-state index in [1.807, 2.05) is 54.6 Å². The summed E-state index contributed by atoms with van der Waals surface area (Å²) >= 11 is 13.0. The van der Waals surface area contributed by atoms with Crippen LogP contribution < -0.4 is 15.4 Å². The van der Waals surface area contributed by atoms with E-state index < -0.39 is 13.3 Å². The van der Waals surface area contributed by atoms with Gasteiger partial charge in [-0.3, -0.25) is 9.09 Å². The first kappa shape index (κ1) is 28.4. The van der Waals surface area contributed by atoms with Crippen molar-refractivity contribution in [2.75, 3.05) is 6.61 Å². The highest BCUT2D eigenvalue weighted by atomic mass is 35.5. The minimum Gasteiger partial charge on any atom is -0.426 e. The molecule has 3 aliphatic rings. The average Bonchev–Trinajstić information content (AvgIpc) is 3.42. The Hall–Kier alpha value is -3.38. The lowest BCUT2D eigenvalue weighted by Crippen LogP contribution is -2.32. The Bertz CT molecular complexity index is 1870. The second-order valence-electron chi connectivity index (χ2n) is 10.8. The van der Waals surface area contributed by atoms with Gasteiger partial charge < -0.3 is 14.2 Å². The van der Waals surface area contributed by atoms with Crippen LogP contribution in [-0.2, 0) is 13.6 Å². The van der Waals surface area contributed by atoms with Crippen LogP contribution in [0.4, 0.5) is 0 Å². The van der Waals surface area contributed by atoms with Crippen molar-refractivity contribution in [3.63, 3.8) is 0 Å². The summed E-state index contributed by atoms with van der Waals surface area (Å²) in [6.45, 7) is 0.338. The Morgan fingerprint density at radius 1 is 0.930 bits per heavy atom. The van der Waals surface area contributed by atoms with E-state index in [0.29, 0.717) is 36.2 Å². The van der Waals surface area contributed by atoms with Gasteiger partial charge >= 0.3 is 7.60 Å². The molecule has 0 bridgehead atoms. The molecule has 9 heteroatoms. The molecule has 6 nitrogen and oxygen atoms in total. The van der Waals surface area contributed by atoms with E-state index in [1.165, 1.54) is 5.56 Å². The summed E-state index contributed by atoms with van der Waals surface area (Å²) in [7, 11) is -3.46. The molecule has 1 fully saturated rings. The number of nitrogens with one attached hydrogen (secondary N) is 1. The number of aromatic nitrogens is 2. The predicted octanol–water partition coefficient (Wildman–Crippen LogP) is 7.66. The fourth-order valence-corrected chi connectivity index (χ4v) is 8.31. The maximum Gasteiger partial charge on any atom is 0.338 e.